The SMILES string of the molecule is Cc1oc(COc2ccc(F)cc2Br)cc1CN. The molecule has 0 fully saturated rings. The van der Waals surface area contributed by atoms with Crippen LogP contribution in [-0.2, 0) is 13.2 Å². The lowest BCUT2D eigenvalue weighted by molar-refractivity contribution is 0.265. The van der Waals surface area contributed by atoms with Gasteiger partial charge in [0.1, 0.15) is 29.7 Å². The summed E-state index contributed by atoms with van der Waals surface area (Å²) in [5.41, 5.74) is 6.53. The highest BCUT2D eigenvalue weighted by molar-refractivity contribution is 9.10. The van der Waals surface area contributed by atoms with E-state index in [2.05, 4.69) is 15.9 Å². The van der Waals surface area contributed by atoms with E-state index < -0.39 is 0 Å². The fraction of sp³-hybridized carbons (Fsp3) is 0.231. The quantitative estimate of drug-likeness (QED) is 0.939. The second-order valence-electron chi connectivity index (χ2n) is 3.86. The number of hydrogen-bond donors (Lipinski definition) is 1. The highest BCUT2D eigenvalue weighted by atomic mass is 79.9. The molecule has 0 saturated heterocycles. The van der Waals surface area contributed by atoms with Crippen LogP contribution in [-0.4, -0.2) is 0 Å². The highest BCUT2D eigenvalue weighted by Gasteiger charge is 2.08. The molecule has 3 nitrogen and oxygen atoms in total. The fourth-order valence-electron chi connectivity index (χ4n) is 1.60. The van der Waals surface area contributed by atoms with E-state index >= 15 is 0 Å². The van der Waals surface area contributed by atoms with E-state index in [4.69, 9.17) is 14.9 Å². The zero-order chi connectivity index (χ0) is 13.1. The lowest BCUT2D eigenvalue weighted by atomic mass is 10.2. The van der Waals surface area contributed by atoms with Crippen LogP contribution in [0, 0.1) is 12.7 Å². The van der Waals surface area contributed by atoms with Gasteiger partial charge in [0.05, 0.1) is 4.47 Å². The zero-order valence-electron chi connectivity index (χ0n) is 9.87. The van der Waals surface area contributed by atoms with Crippen LogP contribution >= 0.6 is 15.9 Å². The summed E-state index contributed by atoms with van der Waals surface area (Å²) >= 11 is 3.24. The third kappa shape index (κ3) is 2.91. The number of benzene rings is 1. The van der Waals surface area contributed by atoms with Gasteiger partial charge in [0.15, 0.2) is 0 Å². The number of rotatable bonds is 4. The van der Waals surface area contributed by atoms with E-state index in [9.17, 15) is 4.39 Å². The van der Waals surface area contributed by atoms with Gasteiger partial charge in [-0.1, -0.05) is 0 Å². The standard InChI is InChI=1S/C13H13BrFNO2/c1-8-9(6-16)4-11(18-8)7-17-13-3-2-10(15)5-12(13)14/h2-5H,6-7,16H2,1H3. The van der Waals surface area contributed by atoms with Crippen molar-refractivity contribution in [3.05, 3.63) is 51.6 Å². The molecular weight excluding hydrogens is 301 g/mol. The Bertz CT molecular complexity index is 554. The van der Waals surface area contributed by atoms with Gasteiger partial charge in [-0.05, 0) is 47.1 Å². The Balaban J connectivity index is 2.06. The average Bonchev–Trinajstić information content (AvgIpc) is 2.69. The Kier molecular flexibility index (Phi) is 4.04. The molecule has 18 heavy (non-hydrogen) atoms. The minimum Gasteiger partial charge on any atom is -0.484 e. The first-order chi connectivity index (χ1) is 8.60. The Morgan fingerprint density at radius 2 is 2.17 bits per heavy atom. The Morgan fingerprint density at radius 3 is 2.78 bits per heavy atom. The van der Waals surface area contributed by atoms with E-state index in [0.717, 1.165) is 11.3 Å². The maximum absolute atomic E-state index is 12.9. The smallest absolute Gasteiger partial charge is 0.146 e. The lowest BCUT2D eigenvalue weighted by Crippen LogP contribution is -1.96. The summed E-state index contributed by atoms with van der Waals surface area (Å²) in [6, 6.07) is 6.14. The maximum atomic E-state index is 12.9. The highest BCUT2D eigenvalue weighted by Crippen LogP contribution is 2.26. The lowest BCUT2D eigenvalue weighted by Gasteiger charge is -2.06. The third-order valence-electron chi connectivity index (χ3n) is 2.56. The van der Waals surface area contributed by atoms with E-state index in [0.29, 0.717) is 22.5 Å². The number of aryl methyl sites for hydroxylation is 1. The van der Waals surface area contributed by atoms with Crippen molar-refractivity contribution in [2.45, 2.75) is 20.1 Å². The molecule has 0 aliphatic rings. The number of nitrogens with two attached hydrogens (primary N) is 1. The number of halogens is 2. The van der Waals surface area contributed by atoms with Gasteiger partial charge in [-0.3, -0.25) is 0 Å². The molecule has 0 unspecified atom stereocenters. The second-order valence-corrected chi connectivity index (χ2v) is 4.72. The molecule has 0 aliphatic heterocycles. The van der Waals surface area contributed by atoms with Gasteiger partial charge in [0.2, 0.25) is 0 Å². The van der Waals surface area contributed by atoms with Crippen molar-refractivity contribution >= 4 is 15.9 Å². The summed E-state index contributed by atoms with van der Waals surface area (Å²) in [6.45, 7) is 2.58. The van der Waals surface area contributed by atoms with Crippen molar-refractivity contribution in [1.82, 2.24) is 0 Å². The van der Waals surface area contributed by atoms with Gasteiger partial charge in [0.25, 0.3) is 0 Å². The molecule has 1 heterocycles. The van der Waals surface area contributed by atoms with Gasteiger partial charge < -0.3 is 14.9 Å². The second kappa shape index (κ2) is 5.54. The molecule has 2 N–H and O–H groups in total. The first-order valence-corrected chi connectivity index (χ1v) is 6.25. The molecular formula is C13H13BrFNO2. The summed E-state index contributed by atoms with van der Waals surface area (Å²) < 4.78 is 24.5. The van der Waals surface area contributed by atoms with Crippen LogP contribution in [0.4, 0.5) is 4.39 Å². The number of ether oxygens (including phenoxy) is 1. The molecule has 2 aromatic rings. The summed E-state index contributed by atoms with van der Waals surface area (Å²) in [6.07, 6.45) is 0. The van der Waals surface area contributed by atoms with E-state index in [1.54, 1.807) is 6.07 Å². The van der Waals surface area contributed by atoms with Gasteiger partial charge in [-0.25, -0.2) is 4.39 Å². The van der Waals surface area contributed by atoms with Crippen LogP contribution in [0.1, 0.15) is 17.1 Å². The van der Waals surface area contributed by atoms with Crippen LogP contribution in [0.5, 0.6) is 5.75 Å². The Labute approximate surface area is 113 Å². The topological polar surface area (TPSA) is 48.4 Å². The molecule has 0 aliphatic carbocycles. The van der Waals surface area contributed by atoms with Gasteiger partial charge in [-0.15, -0.1) is 0 Å². The van der Waals surface area contributed by atoms with Gasteiger partial charge in [-0.2, -0.15) is 0 Å². The predicted molar refractivity (Wildman–Crippen MR) is 69.8 cm³/mol. The molecule has 2 rings (SSSR count). The predicted octanol–water partition coefficient (Wildman–Crippen LogP) is 3.53. The van der Waals surface area contributed by atoms with Crippen LogP contribution < -0.4 is 10.5 Å². The molecule has 0 bridgehead atoms. The fourth-order valence-corrected chi connectivity index (χ4v) is 2.07. The van der Waals surface area contributed by atoms with Crippen molar-refractivity contribution in [3.8, 4) is 5.75 Å². The van der Waals surface area contributed by atoms with Crippen LogP contribution in [0.2, 0.25) is 0 Å². The van der Waals surface area contributed by atoms with Crippen molar-refractivity contribution in [2.24, 2.45) is 5.73 Å². The molecule has 0 amide bonds. The molecule has 5 heteroatoms. The minimum absolute atomic E-state index is 0.283. The monoisotopic (exact) mass is 313 g/mol. The average molecular weight is 314 g/mol. The number of furan rings is 1. The summed E-state index contributed by atoms with van der Waals surface area (Å²) in [7, 11) is 0. The maximum Gasteiger partial charge on any atom is 0.146 e. The Hall–Kier alpha value is -1.33. The molecule has 96 valence electrons. The van der Waals surface area contributed by atoms with Crippen molar-refractivity contribution in [2.75, 3.05) is 0 Å². The number of hydrogen-bond acceptors (Lipinski definition) is 3. The third-order valence-corrected chi connectivity index (χ3v) is 3.18. The van der Waals surface area contributed by atoms with Gasteiger partial charge in [0, 0.05) is 12.1 Å². The largest absolute Gasteiger partial charge is 0.484 e. The minimum atomic E-state index is -0.312. The van der Waals surface area contributed by atoms with Crippen molar-refractivity contribution < 1.29 is 13.5 Å². The summed E-state index contributed by atoms with van der Waals surface area (Å²) in [5, 5.41) is 0. The van der Waals surface area contributed by atoms with Gasteiger partial charge >= 0.3 is 0 Å². The van der Waals surface area contributed by atoms with Crippen molar-refractivity contribution in [3.63, 3.8) is 0 Å². The van der Waals surface area contributed by atoms with Crippen LogP contribution in [0.3, 0.4) is 0 Å². The van der Waals surface area contributed by atoms with E-state index in [1.165, 1.54) is 12.1 Å². The van der Waals surface area contributed by atoms with Crippen LogP contribution in [0.25, 0.3) is 0 Å². The molecule has 0 spiro atoms. The summed E-state index contributed by atoms with van der Waals surface area (Å²) in [4.78, 5) is 0. The zero-order valence-corrected chi connectivity index (χ0v) is 11.5. The van der Waals surface area contributed by atoms with E-state index in [1.807, 2.05) is 13.0 Å². The normalized spacial score (nSPS) is 10.7. The molecule has 0 saturated carbocycles. The Morgan fingerprint density at radius 1 is 1.39 bits per heavy atom. The molecule has 1 aromatic heterocycles. The first kappa shape index (κ1) is 13.1. The van der Waals surface area contributed by atoms with E-state index in [-0.39, 0.29) is 12.4 Å². The van der Waals surface area contributed by atoms with Crippen LogP contribution in [0.15, 0.2) is 33.2 Å². The summed E-state index contributed by atoms with van der Waals surface area (Å²) in [5.74, 6) is 1.76. The molecule has 1 aromatic carbocycles. The van der Waals surface area contributed by atoms with Crippen molar-refractivity contribution in [1.29, 1.82) is 0 Å². The molecule has 0 radical (unpaired) electrons. The first-order valence-electron chi connectivity index (χ1n) is 5.46. The molecule has 0 atom stereocenters.